The van der Waals surface area contributed by atoms with Crippen molar-refractivity contribution in [1.29, 1.82) is 0 Å². The van der Waals surface area contributed by atoms with Gasteiger partial charge in [-0.2, -0.15) is 0 Å². The number of aryl methyl sites for hydroxylation is 1. The van der Waals surface area contributed by atoms with Crippen LogP contribution in [0.25, 0.3) is 0 Å². The van der Waals surface area contributed by atoms with Gasteiger partial charge in [0.2, 0.25) is 5.91 Å². The zero-order chi connectivity index (χ0) is 15.9. The molecule has 1 fully saturated rings. The Morgan fingerprint density at radius 1 is 1.32 bits per heavy atom. The molecule has 1 aromatic carbocycles. The number of amides is 1. The molecule has 0 atom stereocenters. The van der Waals surface area contributed by atoms with Crippen LogP contribution in [0.15, 0.2) is 12.1 Å². The van der Waals surface area contributed by atoms with Gasteiger partial charge in [0.05, 0.1) is 12.0 Å². The summed E-state index contributed by atoms with van der Waals surface area (Å²) >= 11 is 5.61. The quantitative estimate of drug-likeness (QED) is 0.747. The first-order valence-corrected chi connectivity index (χ1v) is 8.15. The summed E-state index contributed by atoms with van der Waals surface area (Å²) in [5.74, 6) is 0.828. The van der Waals surface area contributed by atoms with Crippen LogP contribution in [0.2, 0.25) is 0 Å². The first-order chi connectivity index (χ1) is 10.5. The lowest BCUT2D eigenvalue weighted by Gasteiger charge is -2.44. The van der Waals surface area contributed by atoms with Crippen molar-refractivity contribution in [1.82, 2.24) is 4.90 Å². The lowest BCUT2D eigenvalue weighted by molar-refractivity contribution is -0.132. The highest BCUT2D eigenvalue weighted by Crippen LogP contribution is 2.41. The minimum Gasteiger partial charge on any atom is -0.486 e. The van der Waals surface area contributed by atoms with E-state index in [1.54, 1.807) is 4.90 Å². The summed E-state index contributed by atoms with van der Waals surface area (Å²) in [6, 6.07) is 3.83. The third-order valence-electron chi connectivity index (χ3n) is 4.92. The second-order valence-electron chi connectivity index (χ2n) is 6.28. The maximum atomic E-state index is 12.5. The summed E-state index contributed by atoms with van der Waals surface area (Å²) in [5, 5.41) is 0. The SMILES string of the molecule is Cc1ccc2c(c1C)OC1(CCN(C(=O)CCl)CC1)CC2=O. The van der Waals surface area contributed by atoms with Crippen molar-refractivity contribution in [3.05, 3.63) is 28.8 Å². The maximum absolute atomic E-state index is 12.5. The van der Waals surface area contributed by atoms with Crippen LogP contribution >= 0.6 is 11.6 Å². The number of carbonyl (C=O) groups is 2. The van der Waals surface area contributed by atoms with E-state index in [1.165, 1.54) is 0 Å². The van der Waals surface area contributed by atoms with Crippen LogP contribution in [0.4, 0.5) is 0 Å². The number of rotatable bonds is 1. The van der Waals surface area contributed by atoms with Crippen LogP contribution < -0.4 is 4.74 Å². The molecule has 22 heavy (non-hydrogen) atoms. The molecule has 0 aromatic heterocycles. The van der Waals surface area contributed by atoms with Crippen molar-refractivity contribution in [3.8, 4) is 5.75 Å². The molecule has 1 spiro atoms. The molecule has 5 heteroatoms. The Bertz CT molecular complexity index is 633. The van der Waals surface area contributed by atoms with E-state index in [1.807, 2.05) is 26.0 Å². The summed E-state index contributed by atoms with van der Waals surface area (Å²) < 4.78 is 6.31. The van der Waals surface area contributed by atoms with Gasteiger partial charge in [0.1, 0.15) is 17.2 Å². The number of ketones is 1. The summed E-state index contributed by atoms with van der Waals surface area (Å²) in [4.78, 5) is 26.0. The molecule has 0 bridgehead atoms. The fourth-order valence-corrected chi connectivity index (χ4v) is 3.48. The molecule has 0 radical (unpaired) electrons. The second-order valence-corrected chi connectivity index (χ2v) is 6.55. The highest BCUT2D eigenvalue weighted by atomic mass is 35.5. The lowest BCUT2D eigenvalue weighted by atomic mass is 9.81. The molecule has 4 nitrogen and oxygen atoms in total. The standard InChI is InChI=1S/C17H20ClNO3/c1-11-3-4-13-14(20)9-17(22-16(13)12(11)2)5-7-19(8-6-17)15(21)10-18/h3-4H,5-10H2,1-2H3. The number of likely N-dealkylation sites (tertiary alicyclic amines) is 1. The summed E-state index contributed by atoms with van der Waals surface area (Å²) in [7, 11) is 0. The third kappa shape index (κ3) is 2.50. The number of nitrogens with zero attached hydrogens (tertiary/aromatic N) is 1. The molecule has 0 N–H and O–H groups in total. The molecular formula is C17H20ClNO3. The highest BCUT2D eigenvalue weighted by molar-refractivity contribution is 6.27. The molecule has 1 amide bonds. The van der Waals surface area contributed by atoms with E-state index in [4.69, 9.17) is 16.3 Å². The number of Topliss-reactive ketones (excluding diaryl/α,β-unsaturated/α-hetero) is 1. The van der Waals surface area contributed by atoms with Gasteiger partial charge in [0.15, 0.2) is 5.78 Å². The van der Waals surface area contributed by atoms with Gasteiger partial charge in [-0.1, -0.05) is 6.07 Å². The topological polar surface area (TPSA) is 46.6 Å². The van der Waals surface area contributed by atoms with Gasteiger partial charge in [-0.3, -0.25) is 9.59 Å². The number of halogens is 1. The van der Waals surface area contributed by atoms with Crippen LogP contribution in [0.5, 0.6) is 5.75 Å². The first kappa shape index (κ1) is 15.3. The molecule has 2 aliphatic rings. The summed E-state index contributed by atoms with van der Waals surface area (Å²) in [5.41, 5.74) is 2.38. The molecule has 2 heterocycles. The predicted octanol–water partition coefficient (Wildman–Crippen LogP) is 2.87. The summed E-state index contributed by atoms with van der Waals surface area (Å²) in [6.07, 6.45) is 1.74. The van der Waals surface area contributed by atoms with Gasteiger partial charge in [-0.05, 0) is 31.0 Å². The molecule has 3 rings (SSSR count). The van der Waals surface area contributed by atoms with E-state index < -0.39 is 5.60 Å². The van der Waals surface area contributed by atoms with Gasteiger partial charge in [0, 0.05) is 25.9 Å². The zero-order valence-electron chi connectivity index (χ0n) is 12.9. The van der Waals surface area contributed by atoms with Gasteiger partial charge in [-0.25, -0.2) is 0 Å². The van der Waals surface area contributed by atoms with Crippen molar-refractivity contribution in [2.75, 3.05) is 19.0 Å². The molecule has 118 valence electrons. The van der Waals surface area contributed by atoms with Crippen molar-refractivity contribution in [2.24, 2.45) is 0 Å². The molecule has 1 saturated heterocycles. The number of benzene rings is 1. The van der Waals surface area contributed by atoms with Crippen LogP contribution in [-0.2, 0) is 4.79 Å². The first-order valence-electron chi connectivity index (χ1n) is 7.62. The fraction of sp³-hybridized carbons (Fsp3) is 0.529. The predicted molar refractivity (Wildman–Crippen MR) is 84.8 cm³/mol. The summed E-state index contributed by atoms with van der Waals surface area (Å²) in [6.45, 7) is 5.21. The minimum absolute atomic E-state index is 0.00786. The fourth-order valence-electron chi connectivity index (χ4n) is 3.31. The Kier molecular flexibility index (Phi) is 3.89. The number of ether oxygens (including phenoxy) is 1. The van der Waals surface area contributed by atoms with Gasteiger partial charge >= 0.3 is 0 Å². The average molecular weight is 322 g/mol. The van der Waals surface area contributed by atoms with Crippen LogP contribution in [0, 0.1) is 13.8 Å². The Morgan fingerprint density at radius 3 is 2.64 bits per heavy atom. The molecule has 0 unspecified atom stereocenters. The smallest absolute Gasteiger partial charge is 0.237 e. The van der Waals surface area contributed by atoms with E-state index in [2.05, 4.69) is 0 Å². The molecule has 1 aromatic rings. The number of hydrogen-bond acceptors (Lipinski definition) is 3. The van der Waals surface area contributed by atoms with Crippen molar-refractivity contribution < 1.29 is 14.3 Å². The normalized spacial score (nSPS) is 19.8. The van der Waals surface area contributed by atoms with E-state index >= 15 is 0 Å². The Hall–Kier alpha value is -1.55. The van der Waals surface area contributed by atoms with Gasteiger partial charge in [-0.15, -0.1) is 11.6 Å². The third-order valence-corrected chi connectivity index (χ3v) is 5.15. The Balaban J connectivity index is 1.85. The van der Waals surface area contributed by atoms with E-state index in [-0.39, 0.29) is 17.6 Å². The van der Waals surface area contributed by atoms with Crippen molar-refractivity contribution >= 4 is 23.3 Å². The molecule has 2 aliphatic heterocycles. The number of carbonyl (C=O) groups excluding carboxylic acids is 2. The van der Waals surface area contributed by atoms with Crippen molar-refractivity contribution in [2.45, 2.75) is 38.7 Å². The number of alkyl halides is 1. The van der Waals surface area contributed by atoms with Crippen LogP contribution in [0.3, 0.4) is 0 Å². The lowest BCUT2D eigenvalue weighted by Crippen LogP contribution is -2.52. The van der Waals surface area contributed by atoms with Crippen LogP contribution in [-0.4, -0.2) is 41.2 Å². The molecule has 0 aliphatic carbocycles. The Morgan fingerprint density at radius 2 is 2.00 bits per heavy atom. The number of piperidine rings is 1. The highest BCUT2D eigenvalue weighted by Gasteiger charge is 2.44. The largest absolute Gasteiger partial charge is 0.486 e. The zero-order valence-corrected chi connectivity index (χ0v) is 13.7. The monoisotopic (exact) mass is 321 g/mol. The van der Waals surface area contributed by atoms with E-state index in [0.717, 1.165) is 16.9 Å². The van der Waals surface area contributed by atoms with E-state index in [0.29, 0.717) is 37.9 Å². The number of fused-ring (bicyclic) bond motifs is 1. The van der Waals surface area contributed by atoms with Crippen LogP contribution in [0.1, 0.15) is 40.7 Å². The Labute approximate surface area is 135 Å². The minimum atomic E-state index is -0.467. The second kappa shape index (κ2) is 5.58. The van der Waals surface area contributed by atoms with Crippen molar-refractivity contribution in [3.63, 3.8) is 0 Å². The maximum Gasteiger partial charge on any atom is 0.237 e. The number of hydrogen-bond donors (Lipinski definition) is 0. The average Bonchev–Trinajstić information content (AvgIpc) is 2.51. The van der Waals surface area contributed by atoms with E-state index in [9.17, 15) is 9.59 Å². The van der Waals surface area contributed by atoms with Gasteiger partial charge < -0.3 is 9.64 Å². The van der Waals surface area contributed by atoms with Gasteiger partial charge in [0.25, 0.3) is 0 Å². The molecule has 0 saturated carbocycles. The molecular weight excluding hydrogens is 302 g/mol.